The number of carbonyl (C=O) groups is 1. The Morgan fingerprint density at radius 3 is 2.87 bits per heavy atom. The second-order valence-corrected chi connectivity index (χ2v) is 7.37. The molecule has 0 bridgehead atoms. The minimum Gasteiger partial charge on any atom is -0.492 e. The molecule has 0 unspecified atom stereocenters. The fourth-order valence-electron chi connectivity index (χ4n) is 3.61. The van der Waals surface area contributed by atoms with Crippen molar-refractivity contribution < 1.29 is 9.53 Å². The molecule has 1 aliphatic rings. The van der Waals surface area contributed by atoms with Gasteiger partial charge >= 0.3 is 0 Å². The van der Waals surface area contributed by atoms with E-state index in [1.54, 1.807) is 30.4 Å². The SMILES string of the molecule is CCOc1cc(C(=O)N(C)Cc2cncc3c2CN=C3)cnc1-c1cccc(C)c1. The van der Waals surface area contributed by atoms with Gasteiger partial charge in [-0.1, -0.05) is 23.8 Å². The molecule has 4 rings (SSSR count). The minimum atomic E-state index is -0.115. The van der Waals surface area contributed by atoms with Gasteiger partial charge < -0.3 is 9.64 Å². The number of hydrogen-bond acceptors (Lipinski definition) is 5. The van der Waals surface area contributed by atoms with Crippen LogP contribution in [0.2, 0.25) is 0 Å². The zero-order valence-electron chi connectivity index (χ0n) is 17.4. The van der Waals surface area contributed by atoms with Crippen LogP contribution < -0.4 is 4.74 Å². The van der Waals surface area contributed by atoms with Crippen LogP contribution in [0.1, 0.15) is 39.5 Å². The third kappa shape index (κ3) is 3.94. The molecular formula is C24H24N4O2. The van der Waals surface area contributed by atoms with E-state index in [9.17, 15) is 4.79 Å². The second-order valence-electron chi connectivity index (χ2n) is 7.37. The van der Waals surface area contributed by atoms with Gasteiger partial charge in [0.2, 0.25) is 0 Å². The zero-order valence-corrected chi connectivity index (χ0v) is 17.4. The Morgan fingerprint density at radius 2 is 2.07 bits per heavy atom. The lowest BCUT2D eigenvalue weighted by Gasteiger charge is -2.19. The molecule has 0 fully saturated rings. The lowest BCUT2D eigenvalue weighted by Crippen LogP contribution is -2.27. The smallest absolute Gasteiger partial charge is 0.255 e. The van der Waals surface area contributed by atoms with Gasteiger partial charge in [-0.2, -0.15) is 0 Å². The first-order valence-electron chi connectivity index (χ1n) is 9.97. The quantitative estimate of drug-likeness (QED) is 0.626. The average Bonchev–Trinajstić information content (AvgIpc) is 3.23. The van der Waals surface area contributed by atoms with Gasteiger partial charge in [0.15, 0.2) is 0 Å². The Kier molecular flexibility index (Phi) is 5.57. The predicted octanol–water partition coefficient (Wildman–Crippen LogP) is 4.06. The maximum absolute atomic E-state index is 13.1. The van der Waals surface area contributed by atoms with Crippen molar-refractivity contribution in [1.29, 1.82) is 0 Å². The van der Waals surface area contributed by atoms with E-state index in [-0.39, 0.29) is 5.91 Å². The molecule has 1 amide bonds. The van der Waals surface area contributed by atoms with Crippen LogP contribution in [0.5, 0.6) is 5.75 Å². The van der Waals surface area contributed by atoms with Gasteiger partial charge in [0.05, 0.1) is 18.7 Å². The van der Waals surface area contributed by atoms with Gasteiger partial charge in [-0.15, -0.1) is 0 Å². The van der Waals surface area contributed by atoms with E-state index in [1.165, 1.54) is 0 Å². The van der Waals surface area contributed by atoms with Crippen LogP contribution in [-0.4, -0.2) is 40.6 Å². The van der Waals surface area contributed by atoms with Crippen molar-refractivity contribution in [1.82, 2.24) is 14.9 Å². The molecule has 0 atom stereocenters. The van der Waals surface area contributed by atoms with E-state index < -0.39 is 0 Å². The molecule has 1 aliphatic heterocycles. The van der Waals surface area contributed by atoms with Gasteiger partial charge in [0.25, 0.3) is 5.91 Å². The Bertz CT molecular complexity index is 1120. The Balaban J connectivity index is 1.59. The second kappa shape index (κ2) is 8.45. The highest BCUT2D eigenvalue weighted by Crippen LogP contribution is 2.30. The standard InChI is InChI=1S/C24H24N4O2/c1-4-30-22-9-18(13-27-23(22)17-7-5-6-16(2)8-17)24(29)28(3)15-20-12-25-10-19-11-26-14-21(19)20/h5-13H,4,14-15H2,1-3H3. The summed E-state index contributed by atoms with van der Waals surface area (Å²) in [7, 11) is 1.78. The number of hydrogen-bond donors (Lipinski definition) is 0. The topological polar surface area (TPSA) is 67.7 Å². The molecule has 30 heavy (non-hydrogen) atoms. The molecule has 0 radical (unpaired) electrons. The average molecular weight is 400 g/mol. The Morgan fingerprint density at radius 1 is 1.20 bits per heavy atom. The fourth-order valence-corrected chi connectivity index (χ4v) is 3.61. The van der Waals surface area contributed by atoms with Gasteiger partial charge in [0, 0.05) is 49.5 Å². The van der Waals surface area contributed by atoms with Crippen molar-refractivity contribution in [3.8, 4) is 17.0 Å². The van der Waals surface area contributed by atoms with Crippen LogP contribution in [0.25, 0.3) is 11.3 Å². The predicted molar refractivity (Wildman–Crippen MR) is 117 cm³/mol. The molecule has 3 heterocycles. The van der Waals surface area contributed by atoms with Crippen molar-refractivity contribution in [2.24, 2.45) is 4.99 Å². The van der Waals surface area contributed by atoms with E-state index in [4.69, 9.17) is 4.74 Å². The summed E-state index contributed by atoms with van der Waals surface area (Å²) < 4.78 is 5.82. The highest BCUT2D eigenvalue weighted by atomic mass is 16.5. The number of fused-ring (bicyclic) bond motifs is 1. The summed E-state index contributed by atoms with van der Waals surface area (Å²) in [6.45, 7) is 5.55. The van der Waals surface area contributed by atoms with Gasteiger partial charge in [-0.3, -0.25) is 19.8 Å². The number of carbonyl (C=O) groups excluding carboxylic acids is 1. The van der Waals surface area contributed by atoms with Crippen molar-refractivity contribution >= 4 is 12.1 Å². The fraction of sp³-hybridized carbons (Fsp3) is 0.250. The molecule has 0 aliphatic carbocycles. The maximum Gasteiger partial charge on any atom is 0.255 e. The van der Waals surface area contributed by atoms with Crippen LogP contribution in [0.15, 0.2) is 53.9 Å². The number of aliphatic imine (C=N–C) groups is 1. The highest BCUT2D eigenvalue weighted by molar-refractivity contribution is 5.95. The number of benzene rings is 1. The number of nitrogens with zero attached hydrogens (tertiary/aromatic N) is 4. The lowest BCUT2D eigenvalue weighted by molar-refractivity contribution is 0.0784. The molecule has 6 heteroatoms. The molecule has 1 aromatic carbocycles. The molecule has 0 spiro atoms. The largest absolute Gasteiger partial charge is 0.492 e. The molecular weight excluding hydrogens is 376 g/mol. The third-order valence-electron chi connectivity index (χ3n) is 5.11. The minimum absolute atomic E-state index is 0.115. The lowest BCUT2D eigenvalue weighted by atomic mass is 10.1. The molecule has 0 N–H and O–H groups in total. The number of rotatable bonds is 6. The Labute approximate surface area is 176 Å². The van der Waals surface area contributed by atoms with Crippen molar-refractivity contribution in [2.75, 3.05) is 13.7 Å². The van der Waals surface area contributed by atoms with E-state index in [1.807, 2.05) is 44.5 Å². The van der Waals surface area contributed by atoms with Crippen LogP contribution in [-0.2, 0) is 13.1 Å². The zero-order chi connectivity index (χ0) is 21.1. The van der Waals surface area contributed by atoms with E-state index in [0.29, 0.717) is 31.0 Å². The third-order valence-corrected chi connectivity index (χ3v) is 5.11. The summed E-state index contributed by atoms with van der Waals surface area (Å²) in [4.78, 5) is 27.9. The van der Waals surface area contributed by atoms with Crippen molar-refractivity contribution in [3.63, 3.8) is 0 Å². The number of aromatic nitrogens is 2. The molecule has 2 aromatic heterocycles. The maximum atomic E-state index is 13.1. The molecule has 0 saturated carbocycles. The van der Waals surface area contributed by atoms with Gasteiger partial charge in [0.1, 0.15) is 11.4 Å². The van der Waals surface area contributed by atoms with Gasteiger partial charge in [-0.05, 0) is 37.1 Å². The number of ether oxygens (including phenoxy) is 1. The summed E-state index contributed by atoms with van der Waals surface area (Å²) in [6.07, 6.45) is 7.06. The summed E-state index contributed by atoms with van der Waals surface area (Å²) in [5, 5.41) is 0. The molecule has 0 saturated heterocycles. The number of pyridine rings is 2. The van der Waals surface area contributed by atoms with Crippen LogP contribution in [0.3, 0.4) is 0 Å². The summed E-state index contributed by atoms with van der Waals surface area (Å²) in [5.74, 6) is 0.494. The summed E-state index contributed by atoms with van der Waals surface area (Å²) in [6, 6.07) is 9.87. The van der Waals surface area contributed by atoms with Crippen LogP contribution >= 0.6 is 0 Å². The first-order chi connectivity index (χ1) is 14.6. The first-order valence-corrected chi connectivity index (χ1v) is 9.97. The molecule has 6 nitrogen and oxygen atoms in total. The summed E-state index contributed by atoms with van der Waals surface area (Å²) in [5.41, 5.74) is 6.51. The Hall–Kier alpha value is -3.54. The summed E-state index contributed by atoms with van der Waals surface area (Å²) >= 11 is 0. The number of aryl methyl sites for hydroxylation is 1. The monoisotopic (exact) mass is 400 g/mol. The first kappa shape index (κ1) is 19.8. The van der Waals surface area contributed by atoms with E-state index >= 15 is 0 Å². The van der Waals surface area contributed by atoms with E-state index in [2.05, 4.69) is 21.0 Å². The van der Waals surface area contributed by atoms with Crippen molar-refractivity contribution in [3.05, 3.63) is 76.7 Å². The molecule has 3 aromatic rings. The van der Waals surface area contributed by atoms with E-state index in [0.717, 1.165) is 33.5 Å². The van der Waals surface area contributed by atoms with Crippen LogP contribution in [0, 0.1) is 6.92 Å². The normalized spacial score (nSPS) is 12.0. The highest BCUT2D eigenvalue weighted by Gasteiger charge is 2.19. The number of amides is 1. The molecule has 152 valence electrons. The van der Waals surface area contributed by atoms with Crippen LogP contribution in [0.4, 0.5) is 0 Å². The van der Waals surface area contributed by atoms with Gasteiger partial charge in [-0.25, -0.2) is 0 Å². The van der Waals surface area contributed by atoms with Crippen molar-refractivity contribution in [2.45, 2.75) is 26.9 Å².